The Labute approximate surface area is 79.8 Å². The number of aromatic hydroxyl groups is 1. The standard InChI is InChI=1S/C9H10BrNO/c1-6(5-11)8-4-7(12)2-3-9(8)10/h2-4,12H,1,5,11H2. The van der Waals surface area contributed by atoms with E-state index in [1.54, 1.807) is 18.2 Å². The summed E-state index contributed by atoms with van der Waals surface area (Å²) in [6, 6.07) is 5.02. The van der Waals surface area contributed by atoms with Crippen LogP contribution in [0.25, 0.3) is 5.57 Å². The molecule has 3 N–H and O–H groups in total. The Hall–Kier alpha value is -0.800. The van der Waals surface area contributed by atoms with Crippen LogP contribution in [0.4, 0.5) is 0 Å². The highest BCUT2D eigenvalue weighted by Gasteiger charge is 2.02. The first-order chi connectivity index (χ1) is 5.65. The molecule has 0 fully saturated rings. The molecule has 0 saturated carbocycles. The van der Waals surface area contributed by atoms with Crippen LogP contribution in [-0.4, -0.2) is 11.7 Å². The van der Waals surface area contributed by atoms with Gasteiger partial charge in [-0.2, -0.15) is 0 Å². The number of phenols is 1. The van der Waals surface area contributed by atoms with Gasteiger partial charge in [0.05, 0.1) is 0 Å². The zero-order valence-electron chi connectivity index (χ0n) is 6.55. The van der Waals surface area contributed by atoms with Gasteiger partial charge in [-0.05, 0) is 29.3 Å². The lowest BCUT2D eigenvalue weighted by Crippen LogP contribution is -2.01. The van der Waals surface area contributed by atoms with Crippen LogP contribution in [0, 0.1) is 0 Å². The van der Waals surface area contributed by atoms with Crippen molar-refractivity contribution in [3.05, 3.63) is 34.8 Å². The Bertz CT molecular complexity index is 309. The molecule has 1 rings (SSSR count). The van der Waals surface area contributed by atoms with E-state index in [2.05, 4.69) is 22.5 Å². The molecule has 1 aromatic carbocycles. The molecule has 0 amide bonds. The second kappa shape index (κ2) is 3.74. The van der Waals surface area contributed by atoms with Gasteiger partial charge in [-0.1, -0.05) is 22.5 Å². The van der Waals surface area contributed by atoms with Gasteiger partial charge in [0.1, 0.15) is 5.75 Å². The summed E-state index contributed by atoms with van der Waals surface area (Å²) in [5.74, 6) is 0.225. The van der Waals surface area contributed by atoms with Crippen molar-refractivity contribution >= 4 is 21.5 Å². The smallest absolute Gasteiger partial charge is 0.116 e. The predicted molar refractivity (Wildman–Crippen MR) is 53.9 cm³/mol. The average molecular weight is 228 g/mol. The second-order valence-corrected chi connectivity index (χ2v) is 3.33. The molecular formula is C9H10BrNO. The number of hydrogen-bond acceptors (Lipinski definition) is 2. The van der Waals surface area contributed by atoms with E-state index < -0.39 is 0 Å². The van der Waals surface area contributed by atoms with Gasteiger partial charge < -0.3 is 10.8 Å². The SMILES string of the molecule is C=C(CN)c1cc(O)ccc1Br. The molecule has 0 unspecified atom stereocenters. The number of benzene rings is 1. The zero-order valence-corrected chi connectivity index (χ0v) is 8.13. The third kappa shape index (κ3) is 1.87. The topological polar surface area (TPSA) is 46.2 Å². The number of rotatable bonds is 2. The zero-order chi connectivity index (χ0) is 9.14. The van der Waals surface area contributed by atoms with E-state index >= 15 is 0 Å². The fraction of sp³-hybridized carbons (Fsp3) is 0.111. The molecule has 64 valence electrons. The normalized spacial score (nSPS) is 9.83. The molecule has 0 heterocycles. The molecule has 1 aromatic rings. The molecule has 0 spiro atoms. The number of nitrogens with two attached hydrogens (primary N) is 1. The van der Waals surface area contributed by atoms with E-state index in [1.165, 1.54) is 0 Å². The number of hydrogen-bond donors (Lipinski definition) is 2. The van der Waals surface area contributed by atoms with Crippen LogP contribution in [0.15, 0.2) is 29.3 Å². The van der Waals surface area contributed by atoms with Crippen LogP contribution in [0.5, 0.6) is 5.75 Å². The highest BCUT2D eigenvalue weighted by atomic mass is 79.9. The summed E-state index contributed by atoms with van der Waals surface area (Å²) < 4.78 is 0.899. The molecule has 0 radical (unpaired) electrons. The lowest BCUT2D eigenvalue weighted by molar-refractivity contribution is 0.475. The first-order valence-electron chi connectivity index (χ1n) is 3.52. The molecule has 0 atom stereocenters. The molecule has 2 nitrogen and oxygen atoms in total. The summed E-state index contributed by atoms with van der Waals surface area (Å²) in [5, 5.41) is 9.18. The van der Waals surface area contributed by atoms with Gasteiger partial charge in [0.15, 0.2) is 0 Å². The van der Waals surface area contributed by atoms with Crippen molar-refractivity contribution in [1.29, 1.82) is 0 Å². The monoisotopic (exact) mass is 227 g/mol. The van der Waals surface area contributed by atoms with Gasteiger partial charge >= 0.3 is 0 Å². The van der Waals surface area contributed by atoms with E-state index in [0.29, 0.717) is 6.54 Å². The van der Waals surface area contributed by atoms with Crippen LogP contribution in [0.3, 0.4) is 0 Å². The molecule has 0 aliphatic rings. The van der Waals surface area contributed by atoms with Crippen molar-refractivity contribution in [2.75, 3.05) is 6.54 Å². The molecule has 0 aromatic heterocycles. The summed E-state index contributed by atoms with van der Waals surface area (Å²) in [6.45, 7) is 4.17. The Morgan fingerprint density at radius 3 is 2.83 bits per heavy atom. The Morgan fingerprint density at radius 2 is 2.25 bits per heavy atom. The van der Waals surface area contributed by atoms with Crippen molar-refractivity contribution in [2.45, 2.75) is 0 Å². The first kappa shape index (κ1) is 9.29. The Kier molecular flexibility index (Phi) is 2.89. The van der Waals surface area contributed by atoms with Crippen molar-refractivity contribution < 1.29 is 5.11 Å². The first-order valence-corrected chi connectivity index (χ1v) is 4.31. The van der Waals surface area contributed by atoms with Gasteiger partial charge in [-0.25, -0.2) is 0 Å². The Balaban J connectivity index is 3.13. The molecule has 3 heteroatoms. The van der Waals surface area contributed by atoms with E-state index in [4.69, 9.17) is 5.73 Å². The van der Waals surface area contributed by atoms with Gasteiger partial charge in [0.2, 0.25) is 0 Å². The van der Waals surface area contributed by atoms with Crippen LogP contribution in [0.2, 0.25) is 0 Å². The third-order valence-electron chi connectivity index (χ3n) is 1.58. The lowest BCUT2D eigenvalue weighted by atomic mass is 10.1. The summed E-state index contributed by atoms with van der Waals surface area (Å²) in [7, 11) is 0. The highest BCUT2D eigenvalue weighted by Crippen LogP contribution is 2.26. The van der Waals surface area contributed by atoms with Crippen molar-refractivity contribution in [2.24, 2.45) is 5.73 Å². The maximum absolute atomic E-state index is 9.18. The molecule has 0 aliphatic heterocycles. The summed E-state index contributed by atoms with van der Waals surface area (Å²) in [5.41, 5.74) is 7.08. The maximum Gasteiger partial charge on any atom is 0.116 e. The van der Waals surface area contributed by atoms with Crippen molar-refractivity contribution in [1.82, 2.24) is 0 Å². The molecule has 12 heavy (non-hydrogen) atoms. The minimum absolute atomic E-state index is 0.225. The summed E-state index contributed by atoms with van der Waals surface area (Å²) in [6.07, 6.45) is 0. The summed E-state index contributed by atoms with van der Waals surface area (Å²) in [4.78, 5) is 0. The molecule has 0 bridgehead atoms. The van der Waals surface area contributed by atoms with Crippen LogP contribution < -0.4 is 5.73 Å². The molecule has 0 saturated heterocycles. The Morgan fingerprint density at radius 1 is 1.58 bits per heavy atom. The van der Waals surface area contributed by atoms with E-state index in [1.807, 2.05) is 0 Å². The van der Waals surface area contributed by atoms with Crippen molar-refractivity contribution in [3.8, 4) is 5.75 Å². The van der Waals surface area contributed by atoms with E-state index in [0.717, 1.165) is 15.6 Å². The van der Waals surface area contributed by atoms with Crippen LogP contribution in [-0.2, 0) is 0 Å². The lowest BCUT2D eigenvalue weighted by Gasteiger charge is -2.05. The van der Waals surface area contributed by atoms with Crippen LogP contribution in [0.1, 0.15) is 5.56 Å². The third-order valence-corrected chi connectivity index (χ3v) is 2.27. The van der Waals surface area contributed by atoms with E-state index in [-0.39, 0.29) is 5.75 Å². The average Bonchev–Trinajstić information content (AvgIpc) is 2.08. The summed E-state index contributed by atoms with van der Waals surface area (Å²) >= 11 is 3.34. The molecular weight excluding hydrogens is 218 g/mol. The fourth-order valence-corrected chi connectivity index (χ4v) is 1.42. The van der Waals surface area contributed by atoms with Gasteiger partial charge in [-0.15, -0.1) is 0 Å². The van der Waals surface area contributed by atoms with Crippen LogP contribution >= 0.6 is 15.9 Å². The quantitative estimate of drug-likeness (QED) is 0.814. The van der Waals surface area contributed by atoms with Gasteiger partial charge in [0.25, 0.3) is 0 Å². The minimum atomic E-state index is 0.225. The van der Waals surface area contributed by atoms with Gasteiger partial charge in [0, 0.05) is 11.0 Å². The maximum atomic E-state index is 9.18. The number of halogens is 1. The largest absolute Gasteiger partial charge is 0.508 e. The van der Waals surface area contributed by atoms with Gasteiger partial charge in [-0.3, -0.25) is 0 Å². The second-order valence-electron chi connectivity index (χ2n) is 2.47. The number of phenolic OH excluding ortho intramolecular Hbond substituents is 1. The predicted octanol–water partition coefficient (Wildman–Crippen LogP) is 2.13. The highest BCUT2D eigenvalue weighted by molar-refractivity contribution is 9.10. The fourth-order valence-electron chi connectivity index (χ4n) is 0.894. The van der Waals surface area contributed by atoms with Crippen molar-refractivity contribution in [3.63, 3.8) is 0 Å². The molecule has 0 aliphatic carbocycles. The van der Waals surface area contributed by atoms with E-state index in [9.17, 15) is 5.11 Å². The minimum Gasteiger partial charge on any atom is -0.508 e.